The monoisotopic (exact) mass is 938 g/mol. The van der Waals surface area contributed by atoms with E-state index >= 15 is 0 Å². The first-order chi connectivity index (χ1) is 31.6. The van der Waals surface area contributed by atoms with Gasteiger partial charge in [0, 0.05) is 25.9 Å². The Kier molecular flexibility index (Phi) is 37.7. The highest BCUT2D eigenvalue weighted by atomic mass is 16.4. The van der Waals surface area contributed by atoms with Gasteiger partial charge in [-0.3, -0.25) is 19.2 Å². The molecule has 14 nitrogen and oxygen atoms in total. The van der Waals surface area contributed by atoms with Crippen LogP contribution < -0.4 is 17.2 Å². The van der Waals surface area contributed by atoms with Gasteiger partial charge in [-0.25, -0.2) is 9.59 Å². The highest BCUT2D eigenvalue weighted by molar-refractivity contribution is 5.90. The molecule has 0 saturated carbocycles. The van der Waals surface area contributed by atoms with Gasteiger partial charge in [-0.15, -0.1) is 0 Å². The molecular weight excluding hydrogens is 839 g/mol. The molecule has 1 unspecified atom stereocenters. The normalized spacial score (nSPS) is 14.2. The Labute approximate surface area is 400 Å². The summed E-state index contributed by atoms with van der Waals surface area (Å²) in [5.74, 6) is -6.88. The third kappa shape index (κ3) is 28.2. The maximum atomic E-state index is 14.2. The number of rotatable bonds is 47. The molecule has 0 aliphatic heterocycles. The van der Waals surface area contributed by atoms with E-state index in [0.717, 1.165) is 69.1 Å². The van der Waals surface area contributed by atoms with Crippen molar-refractivity contribution in [1.29, 1.82) is 0 Å². The van der Waals surface area contributed by atoms with Gasteiger partial charge in [0.25, 0.3) is 0 Å². The van der Waals surface area contributed by atoms with E-state index in [0.29, 0.717) is 12.8 Å². The van der Waals surface area contributed by atoms with E-state index < -0.39 is 78.1 Å². The van der Waals surface area contributed by atoms with Crippen molar-refractivity contribution in [3.05, 3.63) is 0 Å². The van der Waals surface area contributed by atoms with Crippen molar-refractivity contribution in [2.45, 2.75) is 276 Å². The molecule has 66 heavy (non-hydrogen) atoms. The van der Waals surface area contributed by atoms with Crippen molar-refractivity contribution < 1.29 is 44.1 Å². The summed E-state index contributed by atoms with van der Waals surface area (Å²) in [4.78, 5) is 80.7. The number of carboxylic acid groups (broad SMARTS) is 3. The molecular formula is C52H99N5O9. The summed E-state index contributed by atoms with van der Waals surface area (Å²) in [7, 11) is 0. The summed E-state index contributed by atoms with van der Waals surface area (Å²) < 4.78 is 0. The smallest absolute Gasteiger partial charge is 0.329 e. The van der Waals surface area contributed by atoms with E-state index in [1.54, 1.807) is 0 Å². The molecule has 0 spiro atoms. The van der Waals surface area contributed by atoms with Crippen molar-refractivity contribution in [3.63, 3.8) is 0 Å². The molecule has 0 aromatic rings. The number of nitrogens with two attached hydrogens (primary N) is 3. The van der Waals surface area contributed by atoms with Crippen LogP contribution >= 0.6 is 0 Å². The second-order valence-corrected chi connectivity index (χ2v) is 19.4. The average Bonchev–Trinajstić information content (AvgIpc) is 3.26. The quantitative estimate of drug-likeness (QED) is 0.0313. The largest absolute Gasteiger partial charge is 0.481 e. The van der Waals surface area contributed by atoms with Gasteiger partial charge in [0.05, 0.1) is 12.1 Å². The van der Waals surface area contributed by atoms with Crippen molar-refractivity contribution in [2.24, 2.45) is 23.1 Å². The molecule has 0 heterocycles. The molecule has 0 aliphatic rings. The van der Waals surface area contributed by atoms with Gasteiger partial charge < -0.3 is 42.3 Å². The van der Waals surface area contributed by atoms with E-state index in [4.69, 9.17) is 17.2 Å². The first-order valence-corrected chi connectivity index (χ1v) is 26.7. The van der Waals surface area contributed by atoms with E-state index in [-0.39, 0.29) is 38.8 Å². The molecule has 386 valence electrons. The second kappa shape index (κ2) is 39.7. The minimum atomic E-state index is -2.02. The van der Waals surface area contributed by atoms with Gasteiger partial charge in [0.15, 0.2) is 0 Å². The van der Waals surface area contributed by atoms with Gasteiger partial charge in [0.1, 0.15) is 11.6 Å². The Morgan fingerprint density at radius 1 is 0.485 bits per heavy atom. The molecule has 3 amide bonds. The number of aliphatic carboxylic acids is 3. The van der Waals surface area contributed by atoms with Gasteiger partial charge in [-0.2, -0.15) is 0 Å². The Balaban J connectivity index is 6.31. The third-order valence-electron chi connectivity index (χ3n) is 13.5. The van der Waals surface area contributed by atoms with E-state index in [2.05, 4.69) is 13.8 Å². The van der Waals surface area contributed by atoms with Crippen molar-refractivity contribution in [1.82, 2.24) is 9.80 Å². The minimum Gasteiger partial charge on any atom is -0.481 e. The Hall–Kier alpha value is -3.26. The first kappa shape index (κ1) is 62.7. The van der Waals surface area contributed by atoms with Crippen molar-refractivity contribution in [2.75, 3.05) is 13.1 Å². The molecule has 0 rings (SSSR count). The standard InChI is InChI=1S/C52H99N5O9/c1-5-7-9-11-13-15-17-19-20-21-23-25-27-29-31-33-40-57(49(62)43(4)54)52(51(65)66,39-37-47(59)60)44(34-32-30-28-26-24-22-18-16-14-12-10-8-6-2)38-41-56(48(61)42(3)53)45(50(63)64)35-36-46(55)58/h42-45H,5-41,53-54H2,1-4H3,(H2,55,58)(H,59,60)(H,63,64)(H,65,66)/t42-,43-,44?,45+,52+/m0/s1. The summed E-state index contributed by atoms with van der Waals surface area (Å²) in [6.07, 6.45) is 31.5. The molecule has 9 N–H and O–H groups in total. The van der Waals surface area contributed by atoms with E-state index in [1.807, 2.05) is 0 Å². The second-order valence-electron chi connectivity index (χ2n) is 19.4. The van der Waals surface area contributed by atoms with Crippen LogP contribution in [0.5, 0.6) is 0 Å². The zero-order valence-electron chi connectivity index (χ0n) is 42.4. The number of carbonyl (C=O) groups is 6. The molecule has 0 fully saturated rings. The zero-order chi connectivity index (χ0) is 49.6. The van der Waals surface area contributed by atoms with Crippen molar-refractivity contribution in [3.8, 4) is 0 Å². The fourth-order valence-corrected chi connectivity index (χ4v) is 9.52. The average molecular weight is 938 g/mol. The maximum Gasteiger partial charge on any atom is 0.329 e. The van der Waals surface area contributed by atoms with Crippen LogP contribution in [0, 0.1) is 5.92 Å². The number of carboxylic acids is 3. The van der Waals surface area contributed by atoms with E-state index in [1.165, 1.54) is 128 Å². The topological polar surface area (TPSA) is 248 Å². The SMILES string of the molecule is CCCCCCCCCCCCCCCCCCN(C(=O)[C@H](C)N)[C@@](CCC(=O)O)(C(=O)O)C(CCCCCCCCCCCCCCC)CCN(C(=O)[C@H](C)N)[C@H](CCC(N)=O)C(=O)O. The number of nitrogens with zero attached hydrogens (tertiary/aromatic N) is 2. The Morgan fingerprint density at radius 3 is 1.20 bits per heavy atom. The third-order valence-corrected chi connectivity index (χ3v) is 13.5. The van der Waals surface area contributed by atoms with Crippen LogP contribution in [0.3, 0.4) is 0 Å². The lowest BCUT2D eigenvalue weighted by Gasteiger charge is -2.47. The number of amides is 3. The Bertz CT molecular complexity index is 1310. The number of hydrogen-bond acceptors (Lipinski definition) is 8. The molecule has 0 bridgehead atoms. The van der Waals surface area contributed by atoms with Crippen LogP contribution in [0.2, 0.25) is 0 Å². The van der Waals surface area contributed by atoms with Crippen LogP contribution in [0.4, 0.5) is 0 Å². The number of hydrogen-bond donors (Lipinski definition) is 6. The lowest BCUT2D eigenvalue weighted by Crippen LogP contribution is -2.64. The fourth-order valence-electron chi connectivity index (χ4n) is 9.52. The van der Waals surface area contributed by atoms with E-state index in [9.17, 15) is 44.1 Å². The molecule has 0 aromatic carbocycles. The maximum absolute atomic E-state index is 14.2. The number of primary amides is 1. The van der Waals surface area contributed by atoms with Gasteiger partial charge >= 0.3 is 17.9 Å². The number of unbranched alkanes of at least 4 members (excludes halogenated alkanes) is 27. The molecule has 5 atom stereocenters. The highest BCUT2D eigenvalue weighted by Crippen LogP contribution is 2.38. The summed E-state index contributed by atoms with van der Waals surface area (Å²) in [5, 5.41) is 31.6. The first-order valence-electron chi connectivity index (χ1n) is 26.7. The van der Waals surface area contributed by atoms with Gasteiger partial charge in [-0.05, 0) is 51.9 Å². The summed E-state index contributed by atoms with van der Waals surface area (Å²) in [6, 6.07) is -3.66. The summed E-state index contributed by atoms with van der Waals surface area (Å²) in [6.45, 7) is 7.18. The van der Waals surface area contributed by atoms with Crippen LogP contribution in [0.15, 0.2) is 0 Å². The van der Waals surface area contributed by atoms with Gasteiger partial charge in [-0.1, -0.05) is 194 Å². The minimum absolute atomic E-state index is 0.0542. The molecule has 0 saturated heterocycles. The molecule has 0 aliphatic carbocycles. The van der Waals surface area contributed by atoms with Crippen LogP contribution in [0.25, 0.3) is 0 Å². The highest BCUT2D eigenvalue weighted by Gasteiger charge is 2.52. The predicted molar refractivity (Wildman–Crippen MR) is 266 cm³/mol. The van der Waals surface area contributed by atoms with Crippen LogP contribution in [-0.4, -0.2) is 97.5 Å². The van der Waals surface area contributed by atoms with Gasteiger partial charge in [0.2, 0.25) is 17.7 Å². The molecule has 0 aromatic heterocycles. The van der Waals surface area contributed by atoms with Crippen LogP contribution in [0.1, 0.15) is 252 Å². The predicted octanol–water partition coefficient (Wildman–Crippen LogP) is 10.5. The lowest BCUT2D eigenvalue weighted by atomic mass is 9.73. The summed E-state index contributed by atoms with van der Waals surface area (Å²) in [5.41, 5.74) is 15.6. The zero-order valence-corrected chi connectivity index (χ0v) is 42.4. The summed E-state index contributed by atoms with van der Waals surface area (Å²) >= 11 is 0. The number of carbonyl (C=O) groups excluding carboxylic acids is 3. The van der Waals surface area contributed by atoms with Crippen molar-refractivity contribution >= 4 is 35.6 Å². The molecule has 0 radical (unpaired) electrons. The van der Waals surface area contributed by atoms with Crippen LogP contribution in [-0.2, 0) is 28.8 Å². The fraction of sp³-hybridized carbons (Fsp3) is 0.885. The molecule has 14 heteroatoms. The Morgan fingerprint density at radius 2 is 0.864 bits per heavy atom. The lowest BCUT2D eigenvalue weighted by molar-refractivity contribution is -0.168.